The third-order valence-electron chi connectivity index (χ3n) is 3.68. The molecule has 1 aliphatic carbocycles. The molecule has 1 saturated carbocycles. The molecule has 4 heteroatoms. The van der Waals surface area contributed by atoms with Crippen LogP contribution in [0, 0.1) is 0 Å². The van der Waals surface area contributed by atoms with Crippen molar-refractivity contribution in [3.05, 3.63) is 34.9 Å². The summed E-state index contributed by atoms with van der Waals surface area (Å²) in [5.41, 5.74) is 1.37. The third-order valence-corrected chi connectivity index (χ3v) is 3.93. The molecule has 0 radical (unpaired) electrons. The summed E-state index contributed by atoms with van der Waals surface area (Å²) in [5.74, 6) is 1.67. The van der Waals surface area contributed by atoms with Crippen LogP contribution in [0.3, 0.4) is 0 Å². The molecule has 1 aromatic rings. The van der Waals surface area contributed by atoms with E-state index < -0.39 is 0 Å². The standard InChI is InChI=1S/C14H18ClN3/c1-18-8-2-7-16-14(18)17-13-9-12(13)10-3-5-11(15)6-4-10/h3-6,12-13H,2,7-9H2,1H3,(H,16,17)/t12-,13+/m0/s1. The third kappa shape index (κ3) is 2.46. The molecular formula is C14H18ClN3. The quantitative estimate of drug-likeness (QED) is 0.888. The predicted molar refractivity (Wildman–Crippen MR) is 75.3 cm³/mol. The molecule has 0 amide bonds. The molecule has 96 valence electrons. The van der Waals surface area contributed by atoms with Gasteiger partial charge in [0, 0.05) is 37.1 Å². The van der Waals surface area contributed by atoms with Crippen LogP contribution in [0.2, 0.25) is 5.02 Å². The zero-order chi connectivity index (χ0) is 12.5. The first kappa shape index (κ1) is 11.8. The summed E-state index contributed by atoms with van der Waals surface area (Å²) in [5, 5.41) is 4.35. The molecule has 0 aromatic heterocycles. The van der Waals surface area contributed by atoms with Gasteiger partial charge in [-0.1, -0.05) is 23.7 Å². The van der Waals surface area contributed by atoms with Crippen LogP contribution in [-0.2, 0) is 0 Å². The number of halogens is 1. The fourth-order valence-electron chi connectivity index (χ4n) is 2.47. The average molecular weight is 264 g/mol. The number of guanidine groups is 1. The number of hydrogen-bond donors (Lipinski definition) is 1. The number of benzene rings is 1. The highest BCUT2D eigenvalue weighted by atomic mass is 35.5. The van der Waals surface area contributed by atoms with Crippen molar-refractivity contribution in [3.8, 4) is 0 Å². The molecule has 1 aliphatic heterocycles. The molecule has 0 saturated heterocycles. The maximum absolute atomic E-state index is 5.91. The fourth-order valence-corrected chi connectivity index (χ4v) is 2.60. The van der Waals surface area contributed by atoms with E-state index in [-0.39, 0.29) is 0 Å². The van der Waals surface area contributed by atoms with E-state index in [4.69, 9.17) is 11.6 Å². The van der Waals surface area contributed by atoms with Gasteiger partial charge in [-0.3, -0.25) is 4.99 Å². The molecule has 2 aliphatic rings. The first-order valence-electron chi connectivity index (χ1n) is 6.51. The van der Waals surface area contributed by atoms with Crippen molar-refractivity contribution < 1.29 is 0 Å². The monoisotopic (exact) mass is 263 g/mol. The summed E-state index contributed by atoms with van der Waals surface area (Å²) in [4.78, 5) is 6.75. The van der Waals surface area contributed by atoms with Crippen LogP contribution in [0.25, 0.3) is 0 Å². The van der Waals surface area contributed by atoms with Crippen LogP contribution in [0.5, 0.6) is 0 Å². The second kappa shape index (κ2) is 4.81. The van der Waals surface area contributed by atoms with Gasteiger partial charge in [0.15, 0.2) is 5.96 Å². The first-order chi connectivity index (χ1) is 8.74. The van der Waals surface area contributed by atoms with E-state index in [0.29, 0.717) is 12.0 Å². The maximum atomic E-state index is 5.91. The van der Waals surface area contributed by atoms with Crippen LogP contribution in [-0.4, -0.2) is 37.0 Å². The van der Waals surface area contributed by atoms with Crippen molar-refractivity contribution in [3.63, 3.8) is 0 Å². The van der Waals surface area contributed by atoms with Gasteiger partial charge >= 0.3 is 0 Å². The van der Waals surface area contributed by atoms with Crippen LogP contribution < -0.4 is 5.32 Å². The van der Waals surface area contributed by atoms with E-state index in [1.165, 1.54) is 12.0 Å². The zero-order valence-electron chi connectivity index (χ0n) is 10.6. The maximum Gasteiger partial charge on any atom is 0.193 e. The van der Waals surface area contributed by atoms with Gasteiger partial charge in [0.05, 0.1) is 0 Å². The summed E-state index contributed by atoms with van der Waals surface area (Å²) < 4.78 is 0. The summed E-state index contributed by atoms with van der Waals surface area (Å²) in [6, 6.07) is 8.72. The van der Waals surface area contributed by atoms with Gasteiger partial charge in [0.1, 0.15) is 0 Å². The van der Waals surface area contributed by atoms with Crippen LogP contribution in [0.1, 0.15) is 24.3 Å². The van der Waals surface area contributed by atoms with Crippen molar-refractivity contribution in [1.82, 2.24) is 10.2 Å². The highest BCUT2D eigenvalue weighted by Crippen LogP contribution is 2.41. The van der Waals surface area contributed by atoms with Crippen molar-refractivity contribution in [2.45, 2.75) is 24.8 Å². The summed E-state index contributed by atoms with van der Waals surface area (Å²) in [6.45, 7) is 2.05. The highest BCUT2D eigenvalue weighted by molar-refractivity contribution is 6.30. The largest absolute Gasteiger partial charge is 0.353 e. The molecule has 1 N–H and O–H groups in total. The fraction of sp³-hybridized carbons (Fsp3) is 0.500. The summed E-state index contributed by atoms with van der Waals surface area (Å²) >= 11 is 5.91. The second-order valence-corrected chi connectivity index (χ2v) is 5.56. The Morgan fingerprint density at radius 1 is 1.33 bits per heavy atom. The Balaban J connectivity index is 1.61. The molecule has 1 fully saturated rings. The van der Waals surface area contributed by atoms with E-state index in [9.17, 15) is 0 Å². The van der Waals surface area contributed by atoms with Gasteiger partial charge in [-0.05, 0) is 30.5 Å². The van der Waals surface area contributed by atoms with Crippen molar-refractivity contribution in [1.29, 1.82) is 0 Å². The van der Waals surface area contributed by atoms with Crippen LogP contribution in [0.15, 0.2) is 29.3 Å². The van der Waals surface area contributed by atoms with E-state index >= 15 is 0 Å². The van der Waals surface area contributed by atoms with Gasteiger partial charge in [-0.15, -0.1) is 0 Å². The van der Waals surface area contributed by atoms with E-state index in [1.54, 1.807) is 0 Å². The lowest BCUT2D eigenvalue weighted by Crippen LogP contribution is -2.43. The molecule has 1 aromatic carbocycles. The average Bonchev–Trinajstić information content (AvgIpc) is 3.12. The van der Waals surface area contributed by atoms with E-state index in [1.807, 2.05) is 12.1 Å². The summed E-state index contributed by atoms with van der Waals surface area (Å²) in [7, 11) is 2.10. The van der Waals surface area contributed by atoms with Gasteiger partial charge in [-0.25, -0.2) is 0 Å². The van der Waals surface area contributed by atoms with Crippen LogP contribution >= 0.6 is 11.6 Å². The van der Waals surface area contributed by atoms with E-state index in [2.05, 4.69) is 34.4 Å². The molecule has 3 rings (SSSR count). The van der Waals surface area contributed by atoms with E-state index in [0.717, 1.165) is 30.5 Å². The van der Waals surface area contributed by atoms with Crippen molar-refractivity contribution >= 4 is 17.6 Å². The minimum absolute atomic E-state index is 0.533. The number of nitrogens with zero attached hydrogens (tertiary/aromatic N) is 2. The lowest BCUT2D eigenvalue weighted by atomic mass is 10.1. The summed E-state index contributed by atoms with van der Waals surface area (Å²) in [6.07, 6.45) is 2.35. The molecule has 1 heterocycles. The number of rotatable bonds is 2. The Kier molecular flexibility index (Phi) is 3.16. The van der Waals surface area contributed by atoms with Crippen LogP contribution in [0.4, 0.5) is 0 Å². The SMILES string of the molecule is CN1CCCN=C1N[C@@H]1C[C@H]1c1ccc(Cl)cc1. The van der Waals surface area contributed by atoms with Gasteiger partial charge in [0.25, 0.3) is 0 Å². The van der Waals surface area contributed by atoms with Crippen molar-refractivity contribution in [2.75, 3.05) is 20.1 Å². The lowest BCUT2D eigenvalue weighted by molar-refractivity contribution is 0.445. The molecule has 18 heavy (non-hydrogen) atoms. The number of hydrogen-bond acceptors (Lipinski definition) is 3. The van der Waals surface area contributed by atoms with Gasteiger partial charge in [0.2, 0.25) is 0 Å². The first-order valence-corrected chi connectivity index (χ1v) is 6.89. The Bertz CT molecular complexity index is 455. The number of nitrogens with one attached hydrogen (secondary N) is 1. The molecular weight excluding hydrogens is 246 g/mol. The van der Waals surface area contributed by atoms with Crippen molar-refractivity contribution in [2.24, 2.45) is 4.99 Å². The minimum Gasteiger partial charge on any atom is -0.353 e. The topological polar surface area (TPSA) is 27.6 Å². The smallest absolute Gasteiger partial charge is 0.193 e. The molecule has 0 spiro atoms. The second-order valence-electron chi connectivity index (χ2n) is 5.13. The Labute approximate surface area is 113 Å². The van der Waals surface area contributed by atoms with Gasteiger partial charge in [-0.2, -0.15) is 0 Å². The Morgan fingerprint density at radius 2 is 2.11 bits per heavy atom. The number of aliphatic imine (C=N–C) groups is 1. The molecule has 0 unspecified atom stereocenters. The Morgan fingerprint density at radius 3 is 2.83 bits per heavy atom. The lowest BCUT2D eigenvalue weighted by Gasteiger charge is -2.25. The molecule has 2 atom stereocenters. The minimum atomic E-state index is 0.533. The molecule has 3 nitrogen and oxygen atoms in total. The molecule has 0 bridgehead atoms. The van der Waals surface area contributed by atoms with Gasteiger partial charge < -0.3 is 10.2 Å². The predicted octanol–water partition coefficient (Wildman–Crippen LogP) is 2.48. The normalized spacial score (nSPS) is 26.8. The zero-order valence-corrected chi connectivity index (χ0v) is 11.3. The highest BCUT2D eigenvalue weighted by Gasteiger charge is 2.39. The Hall–Kier alpha value is -1.22.